The molecule has 0 heterocycles. The van der Waals surface area contributed by atoms with E-state index in [4.69, 9.17) is 27.9 Å². The zero-order valence-electron chi connectivity index (χ0n) is 14.8. The molecular weight excluding hydrogens is 375 g/mol. The lowest BCUT2D eigenvalue weighted by Crippen LogP contribution is -2.32. The van der Waals surface area contributed by atoms with Crippen molar-refractivity contribution in [3.63, 3.8) is 0 Å². The van der Waals surface area contributed by atoms with Crippen molar-refractivity contribution in [3.8, 4) is 5.75 Å². The van der Waals surface area contributed by atoms with Crippen molar-refractivity contribution >= 4 is 46.4 Å². The summed E-state index contributed by atoms with van der Waals surface area (Å²) in [7, 11) is 1.54. The number of nitrogens with zero attached hydrogens (tertiary/aromatic N) is 1. The molecule has 0 aliphatic heterocycles. The molecule has 0 aliphatic carbocycles. The Kier molecular flexibility index (Phi) is 6.89. The summed E-state index contributed by atoms with van der Waals surface area (Å²) in [5.41, 5.74) is 2.06. The summed E-state index contributed by atoms with van der Waals surface area (Å²) >= 11 is 12.0. The van der Waals surface area contributed by atoms with Crippen LogP contribution in [0.15, 0.2) is 36.4 Å². The van der Waals surface area contributed by atoms with Crippen molar-refractivity contribution < 1.29 is 14.3 Å². The predicted molar refractivity (Wildman–Crippen MR) is 105 cm³/mol. The first-order valence-corrected chi connectivity index (χ1v) is 8.75. The highest BCUT2D eigenvalue weighted by Gasteiger charge is 2.18. The topological polar surface area (TPSA) is 58.6 Å². The van der Waals surface area contributed by atoms with Crippen LogP contribution in [0.3, 0.4) is 0 Å². The molecule has 2 amide bonds. The van der Waals surface area contributed by atoms with E-state index in [0.717, 1.165) is 5.56 Å². The molecule has 26 heavy (non-hydrogen) atoms. The minimum absolute atomic E-state index is 0.0967. The first-order chi connectivity index (χ1) is 12.3. The second-order valence-corrected chi connectivity index (χ2v) is 6.53. The number of rotatable bonds is 6. The Morgan fingerprint density at radius 2 is 1.92 bits per heavy atom. The molecule has 0 aromatic heterocycles. The second-order valence-electron chi connectivity index (χ2n) is 5.75. The smallest absolute Gasteiger partial charge is 0.226 e. The van der Waals surface area contributed by atoms with Crippen molar-refractivity contribution in [1.82, 2.24) is 0 Å². The van der Waals surface area contributed by atoms with E-state index < -0.39 is 0 Å². The number of anilines is 2. The molecule has 0 fully saturated rings. The zero-order valence-corrected chi connectivity index (χ0v) is 16.3. The van der Waals surface area contributed by atoms with Gasteiger partial charge in [-0.1, -0.05) is 35.3 Å². The molecule has 2 rings (SSSR count). The van der Waals surface area contributed by atoms with Crippen LogP contribution < -0.4 is 15.0 Å². The fourth-order valence-electron chi connectivity index (χ4n) is 2.48. The third-order valence-corrected chi connectivity index (χ3v) is 4.61. The van der Waals surface area contributed by atoms with Crippen molar-refractivity contribution in [1.29, 1.82) is 0 Å². The number of nitrogens with one attached hydrogen (secondary N) is 1. The number of hydrogen-bond donors (Lipinski definition) is 1. The van der Waals surface area contributed by atoms with Gasteiger partial charge in [-0.2, -0.15) is 0 Å². The van der Waals surface area contributed by atoms with Crippen molar-refractivity contribution in [2.45, 2.75) is 20.3 Å². The van der Waals surface area contributed by atoms with Gasteiger partial charge in [0.05, 0.1) is 28.5 Å². The fourth-order valence-corrected chi connectivity index (χ4v) is 2.83. The lowest BCUT2D eigenvalue weighted by atomic mass is 10.1. The predicted octanol–water partition coefficient (Wildman–Crippen LogP) is 4.69. The molecule has 0 aliphatic rings. The first-order valence-electron chi connectivity index (χ1n) is 8.00. The van der Waals surface area contributed by atoms with E-state index in [1.807, 2.05) is 19.1 Å². The van der Waals surface area contributed by atoms with Crippen molar-refractivity contribution in [3.05, 3.63) is 52.0 Å². The summed E-state index contributed by atoms with van der Waals surface area (Å²) in [6, 6.07) is 10.6. The summed E-state index contributed by atoms with van der Waals surface area (Å²) in [5, 5.41) is 3.36. The van der Waals surface area contributed by atoms with Gasteiger partial charge in [-0.05, 0) is 36.8 Å². The van der Waals surface area contributed by atoms with E-state index in [0.29, 0.717) is 22.1 Å². The van der Waals surface area contributed by atoms with E-state index in [-0.39, 0.29) is 29.8 Å². The van der Waals surface area contributed by atoms with Gasteiger partial charge >= 0.3 is 0 Å². The maximum atomic E-state index is 12.3. The van der Waals surface area contributed by atoms with Gasteiger partial charge in [0.15, 0.2) is 0 Å². The van der Waals surface area contributed by atoms with Crippen LogP contribution in [-0.2, 0) is 9.59 Å². The van der Waals surface area contributed by atoms with E-state index in [1.165, 1.54) is 11.8 Å². The van der Waals surface area contributed by atoms with Crippen LogP contribution in [0.25, 0.3) is 0 Å². The largest absolute Gasteiger partial charge is 0.495 e. The highest BCUT2D eigenvalue weighted by atomic mass is 35.5. The third kappa shape index (κ3) is 4.90. The van der Waals surface area contributed by atoms with Gasteiger partial charge in [-0.15, -0.1) is 0 Å². The fraction of sp³-hybridized carbons (Fsp3) is 0.263. The van der Waals surface area contributed by atoms with Crippen molar-refractivity contribution in [2.75, 3.05) is 23.9 Å². The molecule has 1 N–H and O–H groups in total. The molecule has 0 saturated heterocycles. The van der Waals surface area contributed by atoms with Crippen molar-refractivity contribution in [2.24, 2.45) is 0 Å². The van der Waals surface area contributed by atoms with Gasteiger partial charge in [-0.25, -0.2) is 0 Å². The molecule has 0 atom stereocenters. The highest BCUT2D eigenvalue weighted by Crippen LogP contribution is 2.31. The van der Waals surface area contributed by atoms with E-state index in [1.54, 1.807) is 31.4 Å². The average molecular weight is 395 g/mol. The Hall–Kier alpha value is -2.24. The van der Waals surface area contributed by atoms with Crippen LogP contribution in [0.2, 0.25) is 10.0 Å². The van der Waals surface area contributed by atoms with Gasteiger partial charge in [0.1, 0.15) is 5.75 Å². The lowest BCUT2D eigenvalue weighted by Gasteiger charge is -2.23. The molecule has 0 bridgehead atoms. The molecule has 0 spiro atoms. The number of ether oxygens (including phenoxy) is 1. The van der Waals surface area contributed by atoms with Gasteiger partial charge < -0.3 is 15.0 Å². The molecular formula is C19H20Cl2N2O3. The molecule has 2 aromatic carbocycles. The molecule has 2 aromatic rings. The summed E-state index contributed by atoms with van der Waals surface area (Å²) in [6.45, 7) is 3.59. The first kappa shape index (κ1) is 20.1. The SMILES string of the molecule is COc1ccc(C)cc1N(CCC(=O)Nc1cccc(Cl)c1Cl)C(C)=O. The van der Waals surface area contributed by atoms with Crippen LogP contribution in [0.4, 0.5) is 11.4 Å². The Bertz CT molecular complexity index is 824. The molecule has 0 unspecified atom stereocenters. The van der Waals surface area contributed by atoms with Gasteiger partial charge in [0.2, 0.25) is 11.8 Å². The molecule has 7 heteroatoms. The van der Waals surface area contributed by atoms with E-state index in [2.05, 4.69) is 5.32 Å². The quantitative estimate of drug-likeness (QED) is 0.772. The van der Waals surface area contributed by atoms with Gasteiger partial charge in [0, 0.05) is 19.9 Å². The lowest BCUT2D eigenvalue weighted by molar-refractivity contribution is -0.117. The third-order valence-electron chi connectivity index (χ3n) is 3.79. The highest BCUT2D eigenvalue weighted by molar-refractivity contribution is 6.43. The Balaban J connectivity index is 2.12. The summed E-state index contributed by atoms with van der Waals surface area (Å²) in [6.07, 6.45) is 0.0967. The minimum atomic E-state index is -0.271. The number of benzene rings is 2. The van der Waals surface area contributed by atoms with Crippen LogP contribution in [0.1, 0.15) is 18.9 Å². The normalized spacial score (nSPS) is 10.3. The average Bonchev–Trinajstić information content (AvgIpc) is 2.59. The monoisotopic (exact) mass is 394 g/mol. The van der Waals surface area contributed by atoms with E-state index in [9.17, 15) is 9.59 Å². The van der Waals surface area contributed by atoms with E-state index >= 15 is 0 Å². The molecule has 138 valence electrons. The maximum Gasteiger partial charge on any atom is 0.226 e. The minimum Gasteiger partial charge on any atom is -0.495 e. The summed E-state index contributed by atoms with van der Waals surface area (Å²) in [4.78, 5) is 25.9. The van der Waals surface area contributed by atoms with Gasteiger partial charge in [0.25, 0.3) is 0 Å². The second kappa shape index (κ2) is 8.92. The molecule has 0 saturated carbocycles. The Morgan fingerprint density at radius 1 is 1.19 bits per heavy atom. The number of amides is 2. The number of carbonyl (C=O) groups excluding carboxylic acids is 2. The molecule has 0 radical (unpaired) electrons. The Labute approximate surface area is 162 Å². The number of hydrogen-bond acceptors (Lipinski definition) is 3. The zero-order chi connectivity index (χ0) is 19.3. The maximum absolute atomic E-state index is 12.3. The van der Waals surface area contributed by atoms with Crippen LogP contribution >= 0.6 is 23.2 Å². The summed E-state index contributed by atoms with van der Waals surface area (Å²) < 4.78 is 5.34. The molecule has 5 nitrogen and oxygen atoms in total. The number of halogens is 2. The standard InChI is InChI=1S/C19H20Cl2N2O3/c1-12-7-8-17(26-3)16(11-12)23(13(2)24)10-9-18(25)22-15-6-4-5-14(20)19(15)21/h4-8,11H,9-10H2,1-3H3,(H,22,25). The number of aryl methyl sites for hydroxylation is 1. The van der Waals surface area contributed by atoms with Crippen LogP contribution in [0.5, 0.6) is 5.75 Å². The van der Waals surface area contributed by atoms with Gasteiger partial charge in [-0.3, -0.25) is 9.59 Å². The Morgan fingerprint density at radius 3 is 2.58 bits per heavy atom. The van der Waals surface area contributed by atoms with Crippen LogP contribution in [-0.4, -0.2) is 25.5 Å². The van der Waals surface area contributed by atoms with Crippen LogP contribution in [0, 0.1) is 6.92 Å². The number of carbonyl (C=O) groups is 2. The number of methoxy groups -OCH3 is 1. The summed E-state index contributed by atoms with van der Waals surface area (Å²) in [5.74, 6) is 0.124.